The van der Waals surface area contributed by atoms with Crippen molar-refractivity contribution in [1.82, 2.24) is 0 Å². The second-order valence-electron chi connectivity index (χ2n) is 3.09. The van der Waals surface area contributed by atoms with Gasteiger partial charge in [0, 0.05) is 21.2 Å². The van der Waals surface area contributed by atoms with Gasteiger partial charge in [0.05, 0.1) is 6.10 Å². The van der Waals surface area contributed by atoms with Gasteiger partial charge in [-0.1, -0.05) is 35.3 Å². The molecule has 0 heterocycles. The number of aliphatic hydroxyl groups is 1. The largest absolute Gasteiger partial charge is 0.389 e. The number of aliphatic hydroxyl groups excluding tert-OH is 1. The van der Waals surface area contributed by atoms with Crippen LogP contribution < -0.4 is 0 Å². The van der Waals surface area contributed by atoms with Gasteiger partial charge in [-0.2, -0.15) is 0 Å². The maximum atomic E-state index is 9.32. The zero-order chi connectivity index (χ0) is 11.3. The number of hydrogen-bond acceptors (Lipinski definition) is 2. The van der Waals surface area contributed by atoms with Crippen LogP contribution in [0.25, 0.3) is 0 Å². The normalized spacial score (nSPS) is 14.0. The van der Waals surface area contributed by atoms with Crippen LogP contribution in [0.4, 0.5) is 0 Å². The molecule has 1 unspecified atom stereocenters. The Kier molecular flexibility index (Phi) is 5.54. The van der Waals surface area contributed by atoms with Gasteiger partial charge in [-0.05, 0) is 24.6 Å². The zero-order valence-electron chi connectivity index (χ0n) is 8.28. The number of thioether (sulfide) groups is 1. The van der Waals surface area contributed by atoms with Crippen molar-refractivity contribution in [2.75, 3.05) is 5.75 Å². The summed E-state index contributed by atoms with van der Waals surface area (Å²) >= 11 is 12.8. The SMILES string of the molecule is CC(O)c1ccc(SCC(Cl)=CCl)cc1. The van der Waals surface area contributed by atoms with Gasteiger partial charge in [0.15, 0.2) is 0 Å². The van der Waals surface area contributed by atoms with E-state index in [0.29, 0.717) is 10.8 Å². The first-order valence-corrected chi connectivity index (χ1v) is 6.29. The number of hydrogen-bond donors (Lipinski definition) is 1. The lowest BCUT2D eigenvalue weighted by Gasteiger charge is -2.05. The smallest absolute Gasteiger partial charge is 0.0761 e. The van der Waals surface area contributed by atoms with E-state index in [9.17, 15) is 5.11 Å². The van der Waals surface area contributed by atoms with Gasteiger partial charge in [0.1, 0.15) is 0 Å². The van der Waals surface area contributed by atoms with Crippen molar-refractivity contribution in [2.24, 2.45) is 0 Å². The zero-order valence-corrected chi connectivity index (χ0v) is 10.6. The van der Waals surface area contributed by atoms with Crippen LogP contribution in [0.3, 0.4) is 0 Å². The summed E-state index contributed by atoms with van der Waals surface area (Å²) in [5.41, 5.74) is 2.29. The molecule has 1 nitrogen and oxygen atoms in total. The molecule has 82 valence electrons. The molecule has 0 aliphatic carbocycles. The van der Waals surface area contributed by atoms with Crippen LogP contribution in [0.1, 0.15) is 18.6 Å². The summed E-state index contributed by atoms with van der Waals surface area (Å²) in [5.74, 6) is 0.666. The fraction of sp³-hybridized carbons (Fsp3) is 0.273. The lowest BCUT2D eigenvalue weighted by atomic mass is 10.1. The Balaban J connectivity index is 2.57. The van der Waals surface area contributed by atoms with Crippen LogP contribution in [-0.2, 0) is 0 Å². The molecule has 0 amide bonds. The molecule has 1 aromatic rings. The maximum Gasteiger partial charge on any atom is 0.0761 e. The molecule has 1 atom stereocenters. The first-order chi connectivity index (χ1) is 7.13. The lowest BCUT2D eigenvalue weighted by Crippen LogP contribution is -1.89. The van der Waals surface area contributed by atoms with Gasteiger partial charge in [-0.25, -0.2) is 0 Å². The van der Waals surface area contributed by atoms with Crippen LogP contribution in [0.5, 0.6) is 0 Å². The summed E-state index contributed by atoms with van der Waals surface area (Å²) in [5, 5.41) is 9.94. The molecule has 1 N–H and O–H groups in total. The number of halogens is 2. The molecular formula is C11H12Cl2OS. The van der Waals surface area contributed by atoms with Crippen LogP contribution in [0.2, 0.25) is 0 Å². The fourth-order valence-electron chi connectivity index (χ4n) is 1.03. The lowest BCUT2D eigenvalue weighted by molar-refractivity contribution is 0.199. The summed E-state index contributed by atoms with van der Waals surface area (Å²) in [6.45, 7) is 1.75. The van der Waals surface area contributed by atoms with Crippen molar-refractivity contribution in [3.63, 3.8) is 0 Å². The highest BCUT2D eigenvalue weighted by Gasteiger charge is 2.01. The van der Waals surface area contributed by atoms with Crippen molar-refractivity contribution in [3.05, 3.63) is 40.4 Å². The van der Waals surface area contributed by atoms with E-state index < -0.39 is 6.10 Å². The second kappa shape index (κ2) is 6.44. The minimum Gasteiger partial charge on any atom is -0.389 e. The fourth-order valence-corrected chi connectivity index (χ4v) is 2.08. The summed E-state index contributed by atoms with van der Waals surface area (Å²) < 4.78 is 0. The van der Waals surface area contributed by atoms with Gasteiger partial charge < -0.3 is 5.11 Å². The van der Waals surface area contributed by atoms with E-state index in [0.717, 1.165) is 10.5 Å². The van der Waals surface area contributed by atoms with Crippen molar-refractivity contribution in [1.29, 1.82) is 0 Å². The number of benzene rings is 1. The average molecular weight is 263 g/mol. The van der Waals surface area contributed by atoms with E-state index in [4.69, 9.17) is 23.2 Å². The summed E-state index contributed by atoms with van der Waals surface area (Å²) in [7, 11) is 0. The van der Waals surface area contributed by atoms with Gasteiger partial charge in [-0.3, -0.25) is 0 Å². The highest BCUT2D eigenvalue weighted by Crippen LogP contribution is 2.24. The van der Waals surface area contributed by atoms with Gasteiger partial charge in [0.2, 0.25) is 0 Å². The third-order valence-electron chi connectivity index (χ3n) is 1.86. The minimum atomic E-state index is -0.421. The van der Waals surface area contributed by atoms with Crippen LogP contribution in [0.15, 0.2) is 39.7 Å². The topological polar surface area (TPSA) is 20.2 Å². The predicted molar refractivity (Wildman–Crippen MR) is 67.6 cm³/mol. The quantitative estimate of drug-likeness (QED) is 0.823. The number of rotatable bonds is 4. The Labute approximate surface area is 104 Å². The Hall–Kier alpha value is -0.150. The van der Waals surface area contributed by atoms with Gasteiger partial charge in [0.25, 0.3) is 0 Å². The Bertz CT molecular complexity index is 333. The molecule has 0 bridgehead atoms. The Morgan fingerprint density at radius 1 is 1.47 bits per heavy atom. The predicted octanol–water partition coefficient (Wildman–Crippen LogP) is 4.15. The molecule has 0 aliphatic rings. The second-order valence-corrected chi connectivity index (χ2v) is 4.84. The molecule has 0 saturated heterocycles. The van der Waals surface area contributed by atoms with E-state index in [1.807, 2.05) is 24.3 Å². The molecule has 1 aromatic carbocycles. The molecule has 0 fully saturated rings. The third-order valence-corrected chi connectivity index (χ3v) is 3.69. The Morgan fingerprint density at radius 3 is 2.53 bits per heavy atom. The average Bonchev–Trinajstić information content (AvgIpc) is 2.26. The van der Waals surface area contributed by atoms with E-state index in [1.165, 1.54) is 5.54 Å². The summed E-state index contributed by atoms with van der Waals surface area (Å²) in [6, 6.07) is 7.74. The van der Waals surface area contributed by atoms with Crippen molar-refractivity contribution in [3.8, 4) is 0 Å². The molecule has 0 aliphatic heterocycles. The van der Waals surface area contributed by atoms with E-state index >= 15 is 0 Å². The first kappa shape index (κ1) is 12.9. The molecule has 4 heteroatoms. The van der Waals surface area contributed by atoms with Crippen molar-refractivity contribution in [2.45, 2.75) is 17.9 Å². The van der Waals surface area contributed by atoms with Crippen LogP contribution >= 0.6 is 35.0 Å². The highest BCUT2D eigenvalue weighted by molar-refractivity contribution is 7.99. The molecule has 0 spiro atoms. The van der Waals surface area contributed by atoms with Crippen LogP contribution in [0, 0.1) is 0 Å². The minimum absolute atomic E-state index is 0.421. The monoisotopic (exact) mass is 262 g/mol. The van der Waals surface area contributed by atoms with Crippen molar-refractivity contribution >= 4 is 35.0 Å². The molecular weight excluding hydrogens is 251 g/mol. The third kappa shape index (κ3) is 4.47. The molecule has 1 rings (SSSR count). The summed E-state index contributed by atoms with van der Waals surface area (Å²) in [4.78, 5) is 1.11. The van der Waals surface area contributed by atoms with E-state index in [-0.39, 0.29) is 0 Å². The Morgan fingerprint density at radius 2 is 2.07 bits per heavy atom. The van der Waals surface area contributed by atoms with E-state index in [1.54, 1.807) is 18.7 Å². The molecule has 0 saturated carbocycles. The molecule has 0 aromatic heterocycles. The van der Waals surface area contributed by atoms with Crippen LogP contribution in [-0.4, -0.2) is 10.9 Å². The van der Waals surface area contributed by atoms with Crippen molar-refractivity contribution < 1.29 is 5.11 Å². The first-order valence-electron chi connectivity index (χ1n) is 4.49. The maximum absolute atomic E-state index is 9.32. The van der Waals surface area contributed by atoms with E-state index in [2.05, 4.69) is 0 Å². The van der Waals surface area contributed by atoms with Gasteiger partial charge >= 0.3 is 0 Å². The highest BCUT2D eigenvalue weighted by atomic mass is 35.5. The molecule has 0 radical (unpaired) electrons. The van der Waals surface area contributed by atoms with Gasteiger partial charge in [-0.15, -0.1) is 11.8 Å². The molecule has 15 heavy (non-hydrogen) atoms. The standard InChI is InChI=1S/C11H12Cl2OS/c1-8(14)9-2-4-11(5-3-9)15-7-10(13)6-12/h2-6,8,14H,7H2,1H3. The summed E-state index contributed by atoms with van der Waals surface area (Å²) in [6.07, 6.45) is -0.421.